The second kappa shape index (κ2) is 5.06. The number of hydrogen-bond acceptors (Lipinski definition) is 2. The molecule has 2 atom stereocenters. The average Bonchev–Trinajstić information content (AvgIpc) is 1.81. The van der Waals surface area contributed by atoms with Gasteiger partial charge in [-0.05, 0) is 34.1 Å². The van der Waals surface area contributed by atoms with Gasteiger partial charge in [0.05, 0.1) is 5.41 Å². The average molecular weight is 227 g/mol. The third kappa shape index (κ3) is 5.37. The van der Waals surface area contributed by atoms with Crippen LogP contribution in [0.3, 0.4) is 0 Å². The van der Waals surface area contributed by atoms with Crippen molar-refractivity contribution < 1.29 is 9.53 Å². The van der Waals surface area contributed by atoms with Crippen LogP contribution in [0.2, 0.25) is 0 Å². The maximum Gasteiger partial charge on any atom is 0.313 e. The summed E-state index contributed by atoms with van der Waals surface area (Å²) in [4.78, 5) is 11.4. The van der Waals surface area contributed by atoms with E-state index >= 15 is 0 Å². The van der Waals surface area contributed by atoms with Crippen molar-refractivity contribution in [2.24, 2.45) is 5.41 Å². The van der Waals surface area contributed by atoms with Crippen LogP contribution in [0.4, 0.5) is 0 Å². The van der Waals surface area contributed by atoms with Crippen LogP contribution in [0.15, 0.2) is 0 Å². The predicted octanol–water partition coefficient (Wildman–Crippen LogP) is 3.16. The number of alkyl halides is 2. The monoisotopic (exact) mass is 226 g/mol. The zero-order valence-corrected chi connectivity index (χ0v) is 9.95. The Labute approximate surface area is 89.5 Å². The summed E-state index contributed by atoms with van der Waals surface area (Å²) in [6, 6.07) is 0. The fourth-order valence-corrected chi connectivity index (χ4v) is 1.56. The van der Waals surface area contributed by atoms with Gasteiger partial charge in [0.1, 0.15) is 0 Å². The van der Waals surface area contributed by atoms with Gasteiger partial charge in [-0.25, -0.2) is 0 Å². The smallest absolute Gasteiger partial charge is 0.313 e. The lowest BCUT2D eigenvalue weighted by molar-refractivity contribution is -0.155. The van der Waals surface area contributed by atoms with Crippen LogP contribution >= 0.6 is 23.2 Å². The van der Waals surface area contributed by atoms with Crippen molar-refractivity contribution >= 4 is 29.2 Å². The molecule has 0 saturated heterocycles. The highest BCUT2D eigenvalue weighted by Crippen LogP contribution is 2.27. The summed E-state index contributed by atoms with van der Waals surface area (Å²) in [5.41, 5.74) is -1.15. The van der Waals surface area contributed by atoms with E-state index in [0.717, 1.165) is 0 Å². The minimum atomic E-state index is -0.586. The quantitative estimate of drug-likeness (QED) is 0.544. The molecule has 0 rings (SSSR count). The van der Waals surface area contributed by atoms with Crippen molar-refractivity contribution in [2.75, 3.05) is 0 Å². The largest absolute Gasteiger partial charge is 0.446 e. The second-order valence-corrected chi connectivity index (χ2v) is 5.18. The first-order valence-electron chi connectivity index (χ1n) is 4.25. The Morgan fingerprint density at radius 1 is 1.38 bits per heavy atom. The van der Waals surface area contributed by atoms with E-state index in [0.29, 0.717) is 6.42 Å². The van der Waals surface area contributed by atoms with E-state index in [1.54, 1.807) is 20.8 Å². The van der Waals surface area contributed by atoms with Crippen molar-refractivity contribution in [1.29, 1.82) is 0 Å². The molecule has 0 spiro atoms. The lowest BCUT2D eigenvalue weighted by Crippen LogP contribution is -2.30. The molecule has 4 heteroatoms. The normalized spacial score (nSPS) is 16.5. The summed E-state index contributed by atoms with van der Waals surface area (Å²) < 4.78 is 4.88. The molecule has 0 radical (unpaired) electrons. The molecular weight excluding hydrogens is 211 g/mol. The summed E-state index contributed by atoms with van der Waals surface area (Å²) >= 11 is 11.3. The molecule has 0 aliphatic heterocycles. The summed E-state index contributed by atoms with van der Waals surface area (Å²) in [5, 5.41) is -0.0480. The minimum Gasteiger partial charge on any atom is -0.446 e. The van der Waals surface area contributed by atoms with Gasteiger partial charge in [0, 0.05) is 5.38 Å². The van der Waals surface area contributed by atoms with Gasteiger partial charge in [-0.2, -0.15) is 0 Å². The first-order valence-corrected chi connectivity index (χ1v) is 5.12. The highest BCUT2D eigenvalue weighted by Gasteiger charge is 2.31. The molecule has 0 aliphatic carbocycles. The molecule has 13 heavy (non-hydrogen) atoms. The number of ether oxygens (including phenoxy) is 1. The first kappa shape index (κ1) is 13.1. The van der Waals surface area contributed by atoms with Gasteiger partial charge >= 0.3 is 5.97 Å². The summed E-state index contributed by atoms with van der Waals surface area (Å²) in [6.07, 6.45) is 0.580. The van der Waals surface area contributed by atoms with E-state index in [1.807, 2.05) is 6.92 Å². The van der Waals surface area contributed by atoms with Gasteiger partial charge in [-0.3, -0.25) is 4.79 Å². The molecule has 78 valence electrons. The first-order chi connectivity index (χ1) is 5.75. The Hall–Kier alpha value is 0.0500. The maximum absolute atomic E-state index is 11.4. The van der Waals surface area contributed by atoms with Crippen LogP contribution in [0.25, 0.3) is 0 Å². The van der Waals surface area contributed by atoms with Crippen LogP contribution < -0.4 is 0 Å². The van der Waals surface area contributed by atoms with E-state index in [2.05, 4.69) is 0 Å². The van der Waals surface area contributed by atoms with Crippen LogP contribution in [-0.4, -0.2) is 16.9 Å². The van der Waals surface area contributed by atoms with Crippen molar-refractivity contribution in [2.45, 2.75) is 45.1 Å². The Morgan fingerprint density at radius 2 is 1.85 bits per heavy atom. The molecule has 0 heterocycles. The molecule has 0 N–H and O–H groups in total. The number of carbonyl (C=O) groups excluding carboxylic acids is 1. The zero-order chi connectivity index (χ0) is 10.6. The van der Waals surface area contributed by atoms with Gasteiger partial charge in [0.2, 0.25) is 0 Å². The van der Waals surface area contributed by atoms with E-state index in [-0.39, 0.29) is 11.3 Å². The van der Waals surface area contributed by atoms with Crippen LogP contribution in [0.1, 0.15) is 34.1 Å². The van der Waals surface area contributed by atoms with Crippen LogP contribution in [0, 0.1) is 5.41 Å². The predicted molar refractivity (Wildman–Crippen MR) is 55.1 cm³/mol. The minimum absolute atomic E-state index is 0.0480. The summed E-state index contributed by atoms with van der Waals surface area (Å²) in [5.74, 6) is -0.303. The van der Waals surface area contributed by atoms with Crippen molar-refractivity contribution in [3.05, 3.63) is 0 Å². The Morgan fingerprint density at radius 3 is 2.15 bits per heavy atom. The highest BCUT2D eigenvalue weighted by molar-refractivity contribution is 6.20. The molecule has 0 aromatic rings. The van der Waals surface area contributed by atoms with Crippen LogP contribution in [0.5, 0.6) is 0 Å². The number of rotatable bonds is 4. The van der Waals surface area contributed by atoms with Gasteiger partial charge in [0.25, 0.3) is 0 Å². The SMILES string of the molecule is CC(Cl)CC(C)(C)C(=O)OC(C)Cl. The Kier molecular flexibility index (Phi) is 5.08. The molecule has 2 nitrogen and oxygen atoms in total. The van der Waals surface area contributed by atoms with Crippen LogP contribution in [-0.2, 0) is 9.53 Å². The van der Waals surface area contributed by atoms with Gasteiger partial charge in [-0.15, -0.1) is 11.6 Å². The third-order valence-electron chi connectivity index (χ3n) is 1.61. The fourth-order valence-electron chi connectivity index (χ4n) is 1.09. The third-order valence-corrected chi connectivity index (χ3v) is 1.86. The fraction of sp³-hybridized carbons (Fsp3) is 0.889. The molecule has 0 fully saturated rings. The Balaban J connectivity index is 4.19. The maximum atomic E-state index is 11.4. The van der Waals surface area contributed by atoms with Gasteiger partial charge in [-0.1, -0.05) is 11.6 Å². The molecule has 0 bridgehead atoms. The number of hydrogen-bond donors (Lipinski definition) is 0. The zero-order valence-electron chi connectivity index (χ0n) is 8.43. The van der Waals surface area contributed by atoms with Crippen molar-refractivity contribution in [3.8, 4) is 0 Å². The molecule has 0 aromatic carbocycles. The molecular formula is C9H16Cl2O2. The van der Waals surface area contributed by atoms with E-state index in [9.17, 15) is 4.79 Å². The second-order valence-electron chi connectivity index (χ2n) is 3.82. The molecule has 0 aliphatic rings. The van der Waals surface area contributed by atoms with Crippen molar-refractivity contribution in [3.63, 3.8) is 0 Å². The number of halogens is 2. The van der Waals surface area contributed by atoms with Crippen molar-refractivity contribution in [1.82, 2.24) is 0 Å². The van der Waals surface area contributed by atoms with E-state index < -0.39 is 11.0 Å². The topological polar surface area (TPSA) is 26.3 Å². The summed E-state index contributed by atoms with van der Waals surface area (Å²) in [6.45, 7) is 7.06. The van der Waals surface area contributed by atoms with Gasteiger partial charge < -0.3 is 4.74 Å². The highest BCUT2D eigenvalue weighted by atomic mass is 35.5. The molecule has 0 saturated carbocycles. The number of carbonyl (C=O) groups is 1. The van der Waals surface area contributed by atoms with E-state index in [4.69, 9.17) is 27.9 Å². The Bertz CT molecular complexity index is 176. The number of esters is 1. The van der Waals surface area contributed by atoms with Gasteiger partial charge in [0.15, 0.2) is 5.56 Å². The lowest BCUT2D eigenvalue weighted by atomic mass is 9.88. The summed E-state index contributed by atoms with van der Waals surface area (Å²) in [7, 11) is 0. The lowest BCUT2D eigenvalue weighted by Gasteiger charge is -2.24. The molecule has 0 amide bonds. The molecule has 2 unspecified atom stereocenters. The molecule has 0 aromatic heterocycles. The standard InChI is InChI=1S/C9H16Cl2O2/c1-6(10)5-9(3,4)8(12)13-7(2)11/h6-7H,5H2,1-4H3. The van der Waals surface area contributed by atoms with E-state index in [1.165, 1.54) is 0 Å².